The van der Waals surface area contributed by atoms with Crippen molar-refractivity contribution in [2.75, 3.05) is 7.11 Å². The first kappa shape index (κ1) is 14.0. The monoisotopic (exact) mass is 258 g/mol. The van der Waals surface area contributed by atoms with E-state index in [4.69, 9.17) is 16.3 Å². The van der Waals surface area contributed by atoms with E-state index < -0.39 is 5.82 Å². The third-order valence-electron chi connectivity index (χ3n) is 2.47. The van der Waals surface area contributed by atoms with Crippen molar-refractivity contribution in [1.29, 1.82) is 0 Å². The molecule has 0 saturated carbocycles. The highest BCUT2D eigenvalue weighted by Crippen LogP contribution is 2.29. The van der Waals surface area contributed by atoms with E-state index in [1.807, 2.05) is 6.92 Å². The van der Waals surface area contributed by atoms with Crippen LogP contribution >= 0.6 is 11.6 Å². The molecule has 1 aromatic rings. The average molecular weight is 259 g/mol. The first-order valence-electron chi connectivity index (χ1n) is 5.62. The lowest BCUT2D eigenvalue weighted by atomic mass is 10.0. The minimum Gasteiger partial charge on any atom is -0.492 e. The van der Waals surface area contributed by atoms with Crippen molar-refractivity contribution < 1.29 is 13.9 Å². The number of halogens is 2. The van der Waals surface area contributed by atoms with E-state index in [9.17, 15) is 9.18 Å². The van der Waals surface area contributed by atoms with E-state index in [-0.39, 0.29) is 23.0 Å². The van der Waals surface area contributed by atoms with Gasteiger partial charge in [-0.15, -0.1) is 0 Å². The lowest BCUT2D eigenvalue weighted by Crippen LogP contribution is -2.03. The number of hydrogen-bond acceptors (Lipinski definition) is 2. The zero-order chi connectivity index (χ0) is 12.8. The van der Waals surface area contributed by atoms with Crippen molar-refractivity contribution in [3.63, 3.8) is 0 Å². The van der Waals surface area contributed by atoms with Crippen LogP contribution in [0.15, 0.2) is 12.1 Å². The fourth-order valence-corrected chi connectivity index (χ4v) is 1.91. The molecule has 94 valence electrons. The quantitative estimate of drug-likeness (QED) is 0.776. The van der Waals surface area contributed by atoms with E-state index in [0.29, 0.717) is 12.0 Å². The van der Waals surface area contributed by atoms with E-state index in [1.165, 1.54) is 13.2 Å². The van der Waals surface area contributed by atoms with Gasteiger partial charge in [0.25, 0.3) is 0 Å². The molecule has 0 radical (unpaired) electrons. The molecule has 0 amide bonds. The normalized spacial score (nSPS) is 10.4. The SMILES string of the molecule is CCCCC(=O)Cc1cc(F)c(OC)c(Cl)c1. The van der Waals surface area contributed by atoms with Crippen LogP contribution in [-0.2, 0) is 11.2 Å². The lowest BCUT2D eigenvalue weighted by molar-refractivity contribution is -0.118. The Morgan fingerprint density at radius 1 is 1.47 bits per heavy atom. The zero-order valence-corrected chi connectivity index (χ0v) is 10.8. The summed E-state index contributed by atoms with van der Waals surface area (Å²) in [5.41, 5.74) is 0.592. The lowest BCUT2D eigenvalue weighted by Gasteiger charge is -2.07. The maximum atomic E-state index is 13.5. The van der Waals surface area contributed by atoms with Gasteiger partial charge in [-0.2, -0.15) is 0 Å². The number of benzene rings is 1. The largest absolute Gasteiger partial charge is 0.492 e. The van der Waals surface area contributed by atoms with Gasteiger partial charge < -0.3 is 4.74 Å². The molecule has 1 rings (SSSR count). The van der Waals surface area contributed by atoms with E-state index >= 15 is 0 Å². The Kier molecular flexibility index (Phi) is 5.42. The number of hydrogen-bond donors (Lipinski definition) is 0. The second-order valence-electron chi connectivity index (χ2n) is 3.91. The molecule has 0 unspecified atom stereocenters. The third kappa shape index (κ3) is 4.00. The minimum atomic E-state index is -0.529. The first-order valence-corrected chi connectivity index (χ1v) is 5.99. The fourth-order valence-electron chi connectivity index (χ4n) is 1.60. The number of carbonyl (C=O) groups is 1. The molecule has 0 fully saturated rings. The highest BCUT2D eigenvalue weighted by molar-refractivity contribution is 6.32. The molecule has 0 aliphatic rings. The Bertz CT molecular complexity index is 381. The summed E-state index contributed by atoms with van der Waals surface area (Å²) in [6.07, 6.45) is 2.59. The highest BCUT2D eigenvalue weighted by Gasteiger charge is 2.12. The topological polar surface area (TPSA) is 26.3 Å². The molecule has 0 aliphatic heterocycles. The molecule has 0 N–H and O–H groups in total. The van der Waals surface area contributed by atoms with Gasteiger partial charge in [-0.1, -0.05) is 24.9 Å². The van der Waals surface area contributed by atoms with Gasteiger partial charge in [0.1, 0.15) is 5.78 Å². The first-order chi connectivity index (χ1) is 8.08. The summed E-state index contributed by atoms with van der Waals surface area (Å²) in [6, 6.07) is 2.88. The van der Waals surface area contributed by atoms with Gasteiger partial charge in [-0.25, -0.2) is 4.39 Å². The molecular weight excluding hydrogens is 243 g/mol. The van der Waals surface area contributed by atoms with Gasteiger partial charge in [-0.05, 0) is 24.1 Å². The van der Waals surface area contributed by atoms with E-state index in [1.54, 1.807) is 6.07 Å². The molecule has 4 heteroatoms. The Morgan fingerprint density at radius 3 is 2.71 bits per heavy atom. The van der Waals surface area contributed by atoms with Crippen LogP contribution in [0.2, 0.25) is 5.02 Å². The molecule has 2 nitrogen and oxygen atoms in total. The number of unbranched alkanes of at least 4 members (excludes halogenated alkanes) is 1. The van der Waals surface area contributed by atoms with Crippen LogP contribution in [0.5, 0.6) is 5.75 Å². The van der Waals surface area contributed by atoms with Crippen molar-refractivity contribution in [2.45, 2.75) is 32.6 Å². The molecule has 0 aliphatic carbocycles. The fraction of sp³-hybridized carbons (Fsp3) is 0.462. The summed E-state index contributed by atoms with van der Waals surface area (Å²) in [4.78, 5) is 11.6. The Hall–Kier alpha value is -1.09. The van der Waals surface area contributed by atoms with Crippen molar-refractivity contribution in [2.24, 2.45) is 0 Å². The number of methoxy groups -OCH3 is 1. The second kappa shape index (κ2) is 6.60. The van der Waals surface area contributed by atoms with Crippen molar-refractivity contribution in [3.05, 3.63) is 28.5 Å². The van der Waals surface area contributed by atoms with E-state index in [0.717, 1.165) is 12.8 Å². The van der Waals surface area contributed by atoms with Crippen LogP contribution in [0.1, 0.15) is 31.7 Å². The summed E-state index contributed by atoms with van der Waals surface area (Å²) in [5, 5.41) is 0.200. The third-order valence-corrected chi connectivity index (χ3v) is 2.75. The second-order valence-corrected chi connectivity index (χ2v) is 4.32. The van der Waals surface area contributed by atoms with Crippen LogP contribution < -0.4 is 4.74 Å². The maximum Gasteiger partial charge on any atom is 0.173 e. The maximum absolute atomic E-state index is 13.5. The molecule has 0 aromatic heterocycles. The highest BCUT2D eigenvalue weighted by atomic mass is 35.5. The Labute approximate surface area is 106 Å². The molecule has 0 atom stereocenters. The number of ether oxygens (including phenoxy) is 1. The molecule has 17 heavy (non-hydrogen) atoms. The van der Waals surface area contributed by atoms with Crippen LogP contribution in [0, 0.1) is 5.82 Å². The van der Waals surface area contributed by atoms with Gasteiger partial charge in [0, 0.05) is 12.8 Å². The number of ketones is 1. The molecule has 0 spiro atoms. The van der Waals surface area contributed by atoms with Gasteiger partial charge in [0.05, 0.1) is 12.1 Å². The van der Waals surface area contributed by atoms with Gasteiger partial charge in [0.2, 0.25) is 0 Å². The van der Waals surface area contributed by atoms with Crippen LogP contribution in [0.25, 0.3) is 0 Å². The van der Waals surface area contributed by atoms with Gasteiger partial charge in [0.15, 0.2) is 11.6 Å². The Morgan fingerprint density at radius 2 is 2.18 bits per heavy atom. The molecule has 0 heterocycles. The van der Waals surface area contributed by atoms with Crippen molar-refractivity contribution in [1.82, 2.24) is 0 Å². The Balaban J connectivity index is 2.76. The van der Waals surface area contributed by atoms with Crippen LogP contribution in [0.3, 0.4) is 0 Å². The molecular formula is C13H16ClFO2. The number of rotatable bonds is 6. The molecule has 0 saturated heterocycles. The number of carbonyl (C=O) groups excluding carboxylic acids is 1. The van der Waals surface area contributed by atoms with Crippen LogP contribution in [-0.4, -0.2) is 12.9 Å². The summed E-state index contributed by atoms with van der Waals surface area (Å²) in [5.74, 6) is -0.401. The summed E-state index contributed by atoms with van der Waals surface area (Å²) < 4.78 is 18.3. The molecule has 1 aromatic carbocycles. The van der Waals surface area contributed by atoms with Crippen molar-refractivity contribution >= 4 is 17.4 Å². The minimum absolute atomic E-state index is 0.0245. The van der Waals surface area contributed by atoms with Crippen molar-refractivity contribution in [3.8, 4) is 5.75 Å². The zero-order valence-electron chi connectivity index (χ0n) is 10.1. The summed E-state index contributed by atoms with van der Waals surface area (Å²) >= 11 is 5.85. The van der Waals surface area contributed by atoms with E-state index in [2.05, 4.69) is 0 Å². The summed E-state index contributed by atoms with van der Waals surface area (Å²) in [7, 11) is 1.36. The standard InChI is InChI=1S/C13H16ClFO2/c1-3-4-5-10(16)6-9-7-11(14)13(17-2)12(15)8-9/h7-8H,3-6H2,1-2H3. The smallest absolute Gasteiger partial charge is 0.173 e. The predicted molar refractivity (Wildman–Crippen MR) is 66.2 cm³/mol. The van der Waals surface area contributed by atoms with Gasteiger partial charge in [-0.3, -0.25) is 4.79 Å². The molecule has 0 bridgehead atoms. The predicted octanol–water partition coefficient (Wildman–Crippen LogP) is 3.79. The number of Topliss-reactive ketones (excluding diaryl/α,β-unsaturated/α-hetero) is 1. The van der Waals surface area contributed by atoms with Crippen LogP contribution in [0.4, 0.5) is 4.39 Å². The van der Waals surface area contributed by atoms with Gasteiger partial charge >= 0.3 is 0 Å². The summed E-state index contributed by atoms with van der Waals surface area (Å²) in [6.45, 7) is 2.02. The average Bonchev–Trinajstić information content (AvgIpc) is 2.26.